The van der Waals surface area contributed by atoms with Gasteiger partial charge in [-0.05, 0) is 61.2 Å². The van der Waals surface area contributed by atoms with Crippen molar-refractivity contribution < 1.29 is 4.92 Å². The number of benzene rings is 2. The molecule has 0 N–H and O–H groups in total. The van der Waals surface area contributed by atoms with Crippen LogP contribution in [0.3, 0.4) is 0 Å². The number of fused-ring (bicyclic) bond motifs is 1. The molecule has 0 bridgehead atoms. The molecule has 2 aromatic carbocycles. The lowest BCUT2D eigenvalue weighted by Gasteiger charge is -2.33. The molecule has 5 nitrogen and oxygen atoms in total. The Bertz CT molecular complexity index is 998. The van der Waals surface area contributed by atoms with Crippen molar-refractivity contribution in [3.63, 3.8) is 0 Å². The number of aromatic nitrogens is 1. The first-order chi connectivity index (χ1) is 13.0. The van der Waals surface area contributed by atoms with Crippen LogP contribution in [0.5, 0.6) is 0 Å². The quantitative estimate of drug-likeness (QED) is 0.300. The molecule has 2 heterocycles. The number of hydrogen-bond acceptors (Lipinski definition) is 3. The van der Waals surface area contributed by atoms with Crippen LogP contribution in [-0.2, 0) is 6.54 Å². The van der Waals surface area contributed by atoms with Crippen LogP contribution in [-0.4, -0.2) is 34.0 Å². The van der Waals surface area contributed by atoms with Gasteiger partial charge in [-0.1, -0.05) is 24.6 Å². The molecule has 1 atom stereocenters. The van der Waals surface area contributed by atoms with Crippen LogP contribution in [0.4, 0.5) is 5.69 Å². The molecule has 0 saturated carbocycles. The van der Waals surface area contributed by atoms with Crippen molar-refractivity contribution in [3.8, 4) is 11.3 Å². The lowest BCUT2D eigenvalue weighted by Crippen LogP contribution is -2.39. The summed E-state index contributed by atoms with van der Waals surface area (Å²) in [7, 11) is 2.19. The lowest BCUT2D eigenvalue weighted by atomic mass is 10.0. The third-order valence-corrected chi connectivity index (χ3v) is 6.02. The van der Waals surface area contributed by atoms with Crippen LogP contribution in [0.15, 0.2) is 42.5 Å². The van der Waals surface area contributed by atoms with Crippen LogP contribution in [0.1, 0.15) is 19.3 Å². The first-order valence-corrected chi connectivity index (χ1v) is 10.3. The Hall–Kier alpha value is -1.93. The number of nitrogens with zero attached hydrogens (tertiary/aromatic N) is 3. The molecule has 139 valence electrons. The van der Waals surface area contributed by atoms with Gasteiger partial charge in [-0.25, -0.2) is 0 Å². The summed E-state index contributed by atoms with van der Waals surface area (Å²) in [5.74, 6) is 0. The van der Waals surface area contributed by atoms with Crippen LogP contribution in [0.2, 0.25) is 0 Å². The maximum Gasteiger partial charge on any atom is 0.271 e. The van der Waals surface area contributed by atoms with Gasteiger partial charge in [0.15, 0.2) is 0 Å². The zero-order chi connectivity index (χ0) is 19.0. The monoisotopic (exact) mass is 474 g/mol. The number of rotatable bonds is 4. The van der Waals surface area contributed by atoms with Crippen molar-refractivity contribution in [2.24, 2.45) is 0 Å². The first-order valence-electron chi connectivity index (χ1n) is 9.19. The average Bonchev–Trinajstić information content (AvgIpc) is 3.02. The molecular weight excluding hydrogens is 453 g/mol. The van der Waals surface area contributed by atoms with E-state index in [9.17, 15) is 10.1 Å². The van der Waals surface area contributed by atoms with E-state index in [0.29, 0.717) is 6.04 Å². The number of piperidine rings is 1. The number of nitro groups is 1. The Balaban J connectivity index is 1.84. The number of para-hydroxylation sites is 1. The fourth-order valence-corrected chi connectivity index (χ4v) is 4.60. The molecule has 1 saturated heterocycles. The largest absolute Gasteiger partial charge is 0.338 e. The topological polar surface area (TPSA) is 51.3 Å². The molecule has 4 rings (SSSR count). The third kappa shape index (κ3) is 3.73. The van der Waals surface area contributed by atoms with Crippen molar-refractivity contribution in [1.29, 1.82) is 0 Å². The summed E-state index contributed by atoms with van der Waals surface area (Å²) < 4.78 is 3.15. The summed E-state index contributed by atoms with van der Waals surface area (Å²) in [6.07, 6.45) is 3.68. The van der Waals surface area contributed by atoms with Gasteiger partial charge in [0, 0.05) is 50.8 Å². The first kappa shape index (κ1) is 18.4. The van der Waals surface area contributed by atoms with Gasteiger partial charge in [0.05, 0.1) is 10.6 Å². The van der Waals surface area contributed by atoms with Crippen LogP contribution >= 0.6 is 22.6 Å². The van der Waals surface area contributed by atoms with E-state index in [-0.39, 0.29) is 10.6 Å². The molecule has 1 aliphatic heterocycles. The van der Waals surface area contributed by atoms with E-state index in [4.69, 9.17) is 0 Å². The molecule has 0 aliphatic carbocycles. The second-order valence-electron chi connectivity index (χ2n) is 7.19. The molecule has 3 aromatic rings. The van der Waals surface area contributed by atoms with E-state index >= 15 is 0 Å². The van der Waals surface area contributed by atoms with Crippen molar-refractivity contribution in [2.45, 2.75) is 31.8 Å². The van der Waals surface area contributed by atoms with Gasteiger partial charge in [0.1, 0.15) is 0 Å². The molecule has 1 radical (unpaired) electrons. The summed E-state index contributed by atoms with van der Waals surface area (Å²) in [5, 5.41) is 12.4. The van der Waals surface area contributed by atoms with E-state index in [1.54, 1.807) is 12.1 Å². The van der Waals surface area contributed by atoms with Gasteiger partial charge in [-0.15, -0.1) is 0 Å². The zero-order valence-electron chi connectivity index (χ0n) is 15.2. The SMILES string of the molecule is CN1CCCCC1Cn1c(-c2cc(I)cc([N+](=O)[O-])c2)[c]c2ccccc21. The van der Waals surface area contributed by atoms with Gasteiger partial charge in [0.25, 0.3) is 5.69 Å². The predicted octanol–water partition coefficient (Wildman–Crippen LogP) is 5.11. The molecule has 1 aliphatic rings. The van der Waals surface area contributed by atoms with E-state index in [1.807, 2.05) is 18.2 Å². The zero-order valence-corrected chi connectivity index (χ0v) is 17.3. The highest BCUT2D eigenvalue weighted by atomic mass is 127. The number of non-ortho nitro benzene ring substituents is 1. The summed E-state index contributed by atoms with van der Waals surface area (Å²) in [4.78, 5) is 13.4. The highest BCUT2D eigenvalue weighted by Gasteiger charge is 2.22. The molecular formula is C21H21IN3O2. The van der Waals surface area contributed by atoms with Gasteiger partial charge < -0.3 is 9.47 Å². The maximum absolute atomic E-state index is 11.3. The minimum absolute atomic E-state index is 0.122. The van der Waals surface area contributed by atoms with Gasteiger partial charge in [-0.2, -0.15) is 0 Å². The second-order valence-corrected chi connectivity index (χ2v) is 8.43. The number of likely N-dealkylation sites (N-methyl/N-ethyl adjacent to an activating group) is 1. The highest BCUT2D eigenvalue weighted by molar-refractivity contribution is 14.1. The predicted molar refractivity (Wildman–Crippen MR) is 116 cm³/mol. The number of nitro benzene ring substituents is 1. The molecule has 0 amide bonds. The normalized spacial score (nSPS) is 18.1. The maximum atomic E-state index is 11.3. The van der Waals surface area contributed by atoms with Crippen molar-refractivity contribution in [3.05, 3.63) is 62.2 Å². The van der Waals surface area contributed by atoms with E-state index in [1.165, 1.54) is 19.3 Å². The summed E-state index contributed by atoms with van der Waals surface area (Å²) in [5.41, 5.74) is 3.03. The van der Waals surface area contributed by atoms with Gasteiger partial charge in [-0.3, -0.25) is 10.1 Å². The molecule has 6 heteroatoms. The molecule has 1 fully saturated rings. The fraction of sp³-hybridized carbons (Fsp3) is 0.333. The number of hydrogen-bond donors (Lipinski definition) is 0. The minimum Gasteiger partial charge on any atom is -0.338 e. The standard InChI is InChI=1S/C21H21IN3O2/c1-23-9-5-4-7-18(23)14-24-20-8-3-2-6-15(20)12-21(24)16-10-17(22)13-19(11-16)25(26)27/h2-3,6,8,10-11,13,18H,4-5,7,9,14H2,1H3. The van der Waals surface area contributed by atoms with Gasteiger partial charge in [0.2, 0.25) is 0 Å². The lowest BCUT2D eigenvalue weighted by molar-refractivity contribution is -0.384. The van der Waals surface area contributed by atoms with Crippen molar-refractivity contribution >= 4 is 39.2 Å². The Morgan fingerprint density at radius 2 is 2.07 bits per heavy atom. The average molecular weight is 474 g/mol. The van der Waals surface area contributed by atoms with E-state index in [0.717, 1.165) is 38.8 Å². The molecule has 1 unspecified atom stereocenters. The third-order valence-electron chi connectivity index (χ3n) is 5.40. The fourth-order valence-electron chi connectivity index (χ4n) is 3.95. The molecule has 0 spiro atoms. The number of halogens is 1. The van der Waals surface area contributed by atoms with Crippen LogP contribution in [0.25, 0.3) is 22.2 Å². The van der Waals surface area contributed by atoms with Crippen molar-refractivity contribution in [2.75, 3.05) is 13.6 Å². The summed E-state index contributed by atoms with van der Waals surface area (Å²) >= 11 is 2.14. The summed E-state index contributed by atoms with van der Waals surface area (Å²) in [6, 6.07) is 17.5. The summed E-state index contributed by atoms with van der Waals surface area (Å²) in [6.45, 7) is 1.99. The Morgan fingerprint density at radius 3 is 2.85 bits per heavy atom. The Labute approximate surface area is 172 Å². The Kier molecular flexibility index (Phi) is 5.19. The van der Waals surface area contributed by atoms with Crippen LogP contribution < -0.4 is 0 Å². The van der Waals surface area contributed by atoms with E-state index in [2.05, 4.69) is 57.3 Å². The minimum atomic E-state index is -0.326. The smallest absolute Gasteiger partial charge is 0.271 e. The second kappa shape index (κ2) is 7.59. The Morgan fingerprint density at radius 1 is 1.26 bits per heavy atom. The van der Waals surface area contributed by atoms with Gasteiger partial charge >= 0.3 is 0 Å². The van der Waals surface area contributed by atoms with Crippen molar-refractivity contribution in [1.82, 2.24) is 9.47 Å². The van der Waals surface area contributed by atoms with Crippen LogP contribution in [0, 0.1) is 19.8 Å². The molecule has 27 heavy (non-hydrogen) atoms. The van der Waals surface area contributed by atoms with E-state index < -0.39 is 0 Å². The number of likely N-dealkylation sites (tertiary alicyclic amines) is 1. The highest BCUT2D eigenvalue weighted by Crippen LogP contribution is 2.32. The molecule has 1 aromatic heterocycles.